The second-order valence-corrected chi connectivity index (χ2v) is 4.69. The van der Waals surface area contributed by atoms with E-state index in [0.717, 1.165) is 6.07 Å². The molecular weight excluding hydrogens is 246 g/mol. The van der Waals surface area contributed by atoms with E-state index in [1.807, 2.05) is 0 Å². The second-order valence-electron chi connectivity index (χ2n) is 3.33. The summed E-state index contributed by atoms with van der Waals surface area (Å²) >= 11 is 0. The molecule has 0 saturated heterocycles. The molecule has 0 spiro atoms. The molecule has 7 nitrogen and oxygen atoms in total. The van der Waals surface area contributed by atoms with Gasteiger partial charge in [0.25, 0.3) is 5.91 Å². The zero-order chi connectivity index (χ0) is 12.6. The van der Waals surface area contributed by atoms with Crippen molar-refractivity contribution in [2.45, 2.75) is 11.9 Å². The molecule has 0 radical (unpaired) electrons. The van der Waals surface area contributed by atoms with Crippen LogP contribution in [-0.4, -0.2) is 23.9 Å². The summed E-state index contributed by atoms with van der Waals surface area (Å²) in [7, 11) is -4.33. The summed E-state index contributed by atoms with van der Waals surface area (Å²) in [6.45, 7) is 1.61. The molecule has 0 unspecified atom stereocenters. The van der Waals surface area contributed by atoms with Crippen LogP contribution >= 0.6 is 0 Å². The van der Waals surface area contributed by atoms with Crippen molar-refractivity contribution < 1.29 is 17.8 Å². The van der Waals surface area contributed by atoms with Crippen molar-refractivity contribution in [2.24, 2.45) is 10.2 Å². The summed E-state index contributed by atoms with van der Waals surface area (Å²) in [5.41, 5.74) is 1.13. The molecule has 2 heterocycles. The third kappa shape index (κ3) is 2.12. The number of rotatable bonds is 2. The first-order chi connectivity index (χ1) is 7.89. The molecule has 17 heavy (non-hydrogen) atoms. The van der Waals surface area contributed by atoms with Gasteiger partial charge in [0.1, 0.15) is 0 Å². The van der Waals surface area contributed by atoms with Gasteiger partial charge in [0.05, 0.1) is 11.3 Å². The van der Waals surface area contributed by atoms with E-state index in [2.05, 4.69) is 15.2 Å². The van der Waals surface area contributed by atoms with E-state index in [1.165, 1.54) is 12.3 Å². The first-order valence-corrected chi connectivity index (χ1v) is 5.94. The summed E-state index contributed by atoms with van der Waals surface area (Å²) in [5, 5.41) is 6.50. The molecule has 1 aromatic rings. The third-order valence-corrected chi connectivity index (χ3v) is 2.93. The molecule has 1 aliphatic heterocycles. The Bertz CT molecular complexity index is 643. The van der Waals surface area contributed by atoms with Crippen molar-refractivity contribution >= 4 is 21.6 Å². The predicted octanol–water partition coefficient (Wildman–Crippen LogP) is 1.05. The maximum Gasteiger partial charge on any atom is 0.312 e. The highest BCUT2D eigenvalue weighted by molar-refractivity contribution is 7.85. The Labute approximate surface area is 96.7 Å². The summed E-state index contributed by atoms with van der Waals surface area (Å²) in [6, 6.07) is 2.47. The molecule has 0 atom stereocenters. The number of amides is 1. The van der Waals surface area contributed by atoms with E-state index >= 15 is 0 Å². The molecular formula is C9H7N3O4S. The molecule has 1 N–H and O–H groups in total. The number of pyridine rings is 1. The molecule has 0 bridgehead atoms. The van der Waals surface area contributed by atoms with Crippen molar-refractivity contribution in [1.29, 1.82) is 0 Å². The standard InChI is InChI=1S/C9H7N3O4S/c1-5-8(9(13)12-11-5)6-2-3-7(10-4-6)17(14,15)16/h2-4H,1H3,(H,14,15,16). The Kier molecular flexibility index (Phi) is 2.60. The van der Waals surface area contributed by atoms with Crippen molar-refractivity contribution in [2.75, 3.05) is 0 Å². The van der Waals surface area contributed by atoms with Crippen molar-refractivity contribution in [3.63, 3.8) is 0 Å². The summed E-state index contributed by atoms with van der Waals surface area (Å²) in [5.74, 6) is -0.496. The molecule has 1 aromatic heterocycles. The van der Waals surface area contributed by atoms with Crippen LogP contribution in [0.2, 0.25) is 0 Å². The molecule has 0 aliphatic carbocycles. The zero-order valence-corrected chi connectivity index (χ0v) is 9.47. The van der Waals surface area contributed by atoms with Crippen LogP contribution in [0.1, 0.15) is 12.5 Å². The lowest BCUT2D eigenvalue weighted by molar-refractivity contribution is -0.112. The Morgan fingerprint density at radius 3 is 2.35 bits per heavy atom. The van der Waals surface area contributed by atoms with Crippen LogP contribution in [0.25, 0.3) is 5.57 Å². The van der Waals surface area contributed by atoms with Gasteiger partial charge in [-0.1, -0.05) is 0 Å². The minimum atomic E-state index is -4.33. The lowest BCUT2D eigenvalue weighted by Crippen LogP contribution is -2.02. The zero-order valence-electron chi connectivity index (χ0n) is 8.65. The molecule has 2 rings (SSSR count). The highest BCUT2D eigenvalue weighted by Crippen LogP contribution is 2.26. The van der Waals surface area contributed by atoms with Crippen LogP contribution in [0.3, 0.4) is 0 Å². The maximum absolute atomic E-state index is 11.4. The largest absolute Gasteiger partial charge is 0.312 e. The molecule has 8 heteroatoms. The Hall–Kier alpha value is -1.93. The third-order valence-electron chi connectivity index (χ3n) is 2.16. The SMILES string of the molecule is CC1=C(c2ccc(S(=O)(=O)O)nc2)C(=O)N=N1. The van der Waals surface area contributed by atoms with E-state index in [9.17, 15) is 13.2 Å². The normalized spacial score (nSPS) is 15.8. The minimum Gasteiger partial charge on any atom is -0.281 e. The highest BCUT2D eigenvalue weighted by atomic mass is 32.2. The number of aromatic nitrogens is 1. The van der Waals surface area contributed by atoms with Crippen molar-refractivity contribution in [1.82, 2.24) is 4.98 Å². The van der Waals surface area contributed by atoms with Gasteiger partial charge in [-0.3, -0.25) is 9.35 Å². The van der Waals surface area contributed by atoms with Gasteiger partial charge in [-0.05, 0) is 19.1 Å². The smallest absolute Gasteiger partial charge is 0.281 e. The lowest BCUT2D eigenvalue weighted by Gasteiger charge is -2.01. The number of carbonyl (C=O) groups excluding carboxylic acids is 1. The maximum atomic E-state index is 11.4. The Morgan fingerprint density at radius 1 is 1.24 bits per heavy atom. The van der Waals surface area contributed by atoms with E-state index < -0.39 is 21.1 Å². The van der Waals surface area contributed by atoms with Crippen molar-refractivity contribution in [3.8, 4) is 0 Å². The van der Waals surface area contributed by atoms with Gasteiger partial charge >= 0.3 is 10.1 Å². The number of carbonyl (C=O) groups is 1. The molecule has 0 saturated carbocycles. The van der Waals surface area contributed by atoms with Gasteiger partial charge in [-0.15, -0.1) is 5.11 Å². The van der Waals surface area contributed by atoms with Gasteiger partial charge in [0, 0.05) is 11.8 Å². The summed E-state index contributed by atoms with van der Waals surface area (Å²) < 4.78 is 30.3. The van der Waals surface area contributed by atoms with Gasteiger partial charge in [-0.25, -0.2) is 4.98 Å². The fraction of sp³-hybridized carbons (Fsp3) is 0.111. The number of nitrogens with zero attached hydrogens (tertiary/aromatic N) is 3. The molecule has 0 aromatic carbocycles. The fourth-order valence-electron chi connectivity index (χ4n) is 1.39. The van der Waals surface area contributed by atoms with Crippen LogP contribution in [0.5, 0.6) is 0 Å². The highest BCUT2D eigenvalue weighted by Gasteiger charge is 2.21. The summed E-state index contributed by atoms with van der Waals surface area (Å²) in [6.07, 6.45) is 1.18. The minimum absolute atomic E-state index is 0.277. The average molecular weight is 253 g/mol. The predicted molar refractivity (Wildman–Crippen MR) is 56.5 cm³/mol. The van der Waals surface area contributed by atoms with Gasteiger partial charge < -0.3 is 0 Å². The van der Waals surface area contributed by atoms with Crippen LogP contribution in [-0.2, 0) is 14.9 Å². The first kappa shape index (κ1) is 11.6. The topological polar surface area (TPSA) is 109 Å². The Balaban J connectivity index is 2.45. The van der Waals surface area contributed by atoms with E-state index in [4.69, 9.17) is 4.55 Å². The van der Waals surface area contributed by atoms with Crippen LogP contribution < -0.4 is 0 Å². The van der Waals surface area contributed by atoms with Crippen LogP contribution in [0, 0.1) is 0 Å². The monoisotopic (exact) mass is 253 g/mol. The second kappa shape index (κ2) is 3.82. The van der Waals surface area contributed by atoms with E-state index in [-0.39, 0.29) is 5.57 Å². The number of hydrogen-bond donors (Lipinski definition) is 1. The van der Waals surface area contributed by atoms with Gasteiger partial charge in [0.15, 0.2) is 5.03 Å². The molecule has 1 aliphatic rings. The van der Waals surface area contributed by atoms with Gasteiger partial charge in [-0.2, -0.15) is 13.5 Å². The Morgan fingerprint density at radius 2 is 1.94 bits per heavy atom. The molecule has 1 amide bonds. The number of hydrogen-bond acceptors (Lipinski definition) is 5. The van der Waals surface area contributed by atoms with Crippen molar-refractivity contribution in [3.05, 3.63) is 29.6 Å². The number of allylic oxidation sites excluding steroid dienone is 1. The lowest BCUT2D eigenvalue weighted by atomic mass is 10.1. The molecule has 88 valence electrons. The van der Waals surface area contributed by atoms with Crippen LogP contribution in [0.15, 0.2) is 39.3 Å². The quantitative estimate of drug-likeness (QED) is 0.792. The van der Waals surface area contributed by atoms with Crippen LogP contribution in [0.4, 0.5) is 0 Å². The van der Waals surface area contributed by atoms with E-state index in [0.29, 0.717) is 11.3 Å². The summed E-state index contributed by atoms with van der Waals surface area (Å²) in [4.78, 5) is 14.9. The molecule has 0 fully saturated rings. The van der Waals surface area contributed by atoms with E-state index in [1.54, 1.807) is 6.92 Å². The average Bonchev–Trinajstić information content (AvgIpc) is 2.58. The number of azo groups is 1. The van der Waals surface area contributed by atoms with Gasteiger partial charge in [0.2, 0.25) is 0 Å². The fourth-order valence-corrected chi connectivity index (χ4v) is 1.81. The first-order valence-electron chi connectivity index (χ1n) is 4.50.